The molecule has 4 nitrogen and oxygen atoms in total. The molecule has 0 N–H and O–H groups in total. The van der Waals surface area contributed by atoms with Gasteiger partial charge in [0.2, 0.25) is 0 Å². The Labute approximate surface area is 213 Å². The summed E-state index contributed by atoms with van der Waals surface area (Å²) in [7, 11) is 0. The van der Waals surface area contributed by atoms with Gasteiger partial charge < -0.3 is 0 Å². The molecule has 0 spiro atoms. The molecule has 4 aliphatic rings. The van der Waals surface area contributed by atoms with Crippen LogP contribution in [0.1, 0.15) is 99.8 Å². The zero-order valence-corrected chi connectivity index (χ0v) is 23.3. The molecule has 35 heavy (non-hydrogen) atoms. The van der Waals surface area contributed by atoms with Crippen molar-refractivity contribution in [1.29, 1.82) is 0 Å². The van der Waals surface area contributed by atoms with Crippen molar-refractivity contribution in [3.63, 3.8) is 0 Å². The van der Waals surface area contributed by atoms with Crippen molar-refractivity contribution < 1.29 is 0 Å². The van der Waals surface area contributed by atoms with Gasteiger partial charge in [-0.3, -0.25) is 0 Å². The van der Waals surface area contributed by atoms with Crippen molar-refractivity contribution in [2.75, 3.05) is 0 Å². The van der Waals surface area contributed by atoms with E-state index in [2.05, 4.69) is 71.5 Å². The molecule has 0 aromatic heterocycles. The summed E-state index contributed by atoms with van der Waals surface area (Å²) >= 11 is 0. The average molecular weight is 481 g/mol. The van der Waals surface area contributed by atoms with E-state index in [-0.39, 0.29) is 27.7 Å². The highest BCUT2D eigenvalue weighted by atomic mass is 16.3. The number of nitrogens with zero attached hydrogens (tertiary/aromatic N) is 2. The van der Waals surface area contributed by atoms with Crippen LogP contribution in [0.25, 0.3) is 0 Å². The SMILES string of the molecule is C=C(C)C[C@@H](C)[C@@H](C)C1CC[C@@]2(C)[C@H]3C(=C)CC=C4C[C@@H](N=O)C[C@H](N=O)C4(C)[C@@]3(C)CC[C@]12C. The largest absolute Gasteiger partial charge is 0.151 e. The number of hydrogen-bond donors (Lipinski definition) is 0. The van der Waals surface area contributed by atoms with Crippen LogP contribution in [0.5, 0.6) is 0 Å². The second-order valence-electron chi connectivity index (χ2n) is 13.9. The van der Waals surface area contributed by atoms with Gasteiger partial charge in [-0.1, -0.05) is 81.3 Å². The first kappa shape index (κ1) is 26.5. The molecular formula is C31H48N2O2. The molecule has 3 fully saturated rings. The third-order valence-corrected chi connectivity index (χ3v) is 12.5. The van der Waals surface area contributed by atoms with E-state index in [0.717, 1.165) is 19.3 Å². The van der Waals surface area contributed by atoms with E-state index >= 15 is 0 Å². The fourth-order valence-corrected chi connectivity index (χ4v) is 10.1. The standard InChI is InChI=1S/C31H48N2O2/c1-19(2)16-21(4)22(5)25-12-13-29(7)27-20(3)10-11-23-17-24(32-34)18-26(33-35)31(23,9)30(27,8)15-14-28(25,29)6/h11,21-22,24-27H,1,3,10,12-18H2,2,4-9H3/t21-,22-,24-,25?,26+,27-,28-,29+,30+,31?/m1/s1. The van der Waals surface area contributed by atoms with Gasteiger partial charge in [-0.2, -0.15) is 9.81 Å². The van der Waals surface area contributed by atoms with Crippen LogP contribution in [0.3, 0.4) is 0 Å². The Kier molecular flexibility index (Phi) is 6.63. The van der Waals surface area contributed by atoms with Crippen molar-refractivity contribution in [1.82, 2.24) is 0 Å². The highest BCUT2D eigenvalue weighted by Gasteiger charge is 2.70. The molecule has 0 aromatic rings. The van der Waals surface area contributed by atoms with Gasteiger partial charge in [0.15, 0.2) is 0 Å². The quantitative estimate of drug-likeness (QED) is 0.281. The molecule has 10 atom stereocenters. The van der Waals surface area contributed by atoms with Crippen LogP contribution >= 0.6 is 0 Å². The van der Waals surface area contributed by atoms with Gasteiger partial charge in [0.1, 0.15) is 6.04 Å². The minimum atomic E-state index is -0.414. The van der Waals surface area contributed by atoms with E-state index in [9.17, 15) is 9.81 Å². The third-order valence-electron chi connectivity index (χ3n) is 12.5. The van der Waals surface area contributed by atoms with Crippen molar-refractivity contribution in [3.8, 4) is 0 Å². The topological polar surface area (TPSA) is 58.9 Å². The molecular weight excluding hydrogens is 432 g/mol. The fraction of sp³-hybridized carbons (Fsp3) is 0.806. The minimum absolute atomic E-state index is 0.117. The average Bonchev–Trinajstić information content (AvgIpc) is 3.02. The predicted octanol–water partition coefficient (Wildman–Crippen LogP) is 9.02. The van der Waals surface area contributed by atoms with Crippen LogP contribution in [0.2, 0.25) is 0 Å². The molecule has 4 rings (SSSR count). The van der Waals surface area contributed by atoms with Crippen molar-refractivity contribution in [3.05, 3.63) is 45.8 Å². The summed E-state index contributed by atoms with van der Waals surface area (Å²) in [5, 5.41) is 7.07. The molecule has 0 aliphatic heterocycles. The summed E-state index contributed by atoms with van der Waals surface area (Å²) < 4.78 is 0. The lowest BCUT2D eigenvalue weighted by Crippen LogP contribution is -2.62. The molecule has 0 heterocycles. The fourth-order valence-electron chi connectivity index (χ4n) is 10.1. The Bertz CT molecular complexity index is 954. The first-order valence-electron chi connectivity index (χ1n) is 14.0. The highest BCUT2D eigenvalue weighted by Crippen LogP contribution is 2.77. The Balaban J connectivity index is 1.78. The van der Waals surface area contributed by atoms with E-state index in [1.807, 2.05) is 0 Å². The van der Waals surface area contributed by atoms with E-state index in [0.29, 0.717) is 36.5 Å². The van der Waals surface area contributed by atoms with Gasteiger partial charge in [-0.25, -0.2) is 0 Å². The molecule has 0 aromatic carbocycles. The zero-order chi connectivity index (χ0) is 26.0. The first-order chi connectivity index (χ1) is 16.3. The maximum Gasteiger partial charge on any atom is 0.104 e. The third kappa shape index (κ3) is 3.51. The molecule has 0 amide bonds. The zero-order valence-electron chi connectivity index (χ0n) is 23.3. The summed E-state index contributed by atoms with van der Waals surface area (Å²) in [6.07, 6.45) is 10.1. The van der Waals surface area contributed by atoms with E-state index < -0.39 is 6.04 Å². The Morgan fingerprint density at radius 3 is 2.31 bits per heavy atom. The predicted molar refractivity (Wildman–Crippen MR) is 146 cm³/mol. The Morgan fingerprint density at radius 1 is 1.06 bits per heavy atom. The van der Waals surface area contributed by atoms with Gasteiger partial charge in [0.25, 0.3) is 0 Å². The maximum atomic E-state index is 12.3. The molecule has 4 heteroatoms. The summed E-state index contributed by atoms with van der Waals surface area (Å²) in [4.78, 5) is 23.9. The Hall–Kier alpha value is -1.58. The van der Waals surface area contributed by atoms with Crippen LogP contribution < -0.4 is 0 Å². The lowest BCUT2D eigenvalue weighted by molar-refractivity contribution is -0.146. The summed E-state index contributed by atoms with van der Waals surface area (Å²) in [6, 6.07) is -0.760. The van der Waals surface area contributed by atoms with Crippen molar-refractivity contribution in [2.24, 2.45) is 55.7 Å². The lowest BCUT2D eigenvalue weighted by Gasteiger charge is -2.66. The van der Waals surface area contributed by atoms with E-state index in [1.165, 1.54) is 36.0 Å². The molecule has 0 saturated heterocycles. The molecule has 194 valence electrons. The molecule has 3 saturated carbocycles. The van der Waals surface area contributed by atoms with Gasteiger partial charge in [-0.15, -0.1) is 6.58 Å². The van der Waals surface area contributed by atoms with Gasteiger partial charge in [0, 0.05) is 11.8 Å². The normalized spacial score (nSPS) is 46.8. The number of nitroso groups, excluding NO2 is 2. The smallest absolute Gasteiger partial charge is 0.104 e. The number of fused-ring (bicyclic) bond motifs is 5. The summed E-state index contributed by atoms with van der Waals surface area (Å²) in [5.74, 6) is 2.27. The van der Waals surface area contributed by atoms with Crippen molar-refractivity contribution in [2.45, 2.75) is 112 Å². The number of rotatable bonds is 6. The molecule has 4 aliphatic carbocycles. The first-order valence-corrected chi connectivity index (χ1v) is 14.0. The summed E-state index contributed by atoms with van der Waals surface area (Å²) in [5.41, 5.74) is 3.70. The van der Waals surface area contributed by atoms with Gasteiger partial charge >= 0.3 is 0 Å². The Morgan fingerprint density at radius 2 is 1.71 bits per heavy atom. The monoisotopic (exact) mass is 480 g/mol. The maximum absolute atomic E-state index is 12.3. The van der Waals surface area contributed by atoms with Crippen LogP contribution in [0, 0.1) is 55.1 Å². The van der Waals surface area contributed by atoms with E-state index in [1.54, 1.807) is 0 Å². The molecule has 0 radical (unpaired) electrons. The van der Waals surface area contributed by atoms with Crippen LogP contribution in [0.15, 0.2) is 46.3 Å². The minimum Gasteiger partial charge on any atom is -0.151 e. The number of allylic oxidation sites excluding steroid dienone is 3. The second-order valence-corrected chi connectivity index (χ2v) is 13.9. The van der Waals surface area contributed by atoms with Gasteiger partial charge in [0.05, 0.1) is 6.04 Å². The lowest BCUT2D eigenvalue weighted by atomic mass is 9.37. The van der Waals surface area contributed by atoms with Crippen LogP contribution in [-0.4, -0.2) is 12.1 Å². The van der Waals surface area contributed by atoms with Crippen molar-refractivity contribution >= 4 is 0 Å². The van der Waals surface area contributed by atoms with E-state index in [4.69, 9.17) is 6.58 Å². The van der Waals surface area contributed by atoms with Crippen LogP contribution in [0.4, 0.5) is 0 Å². The van der Waals surface area contributed by atoms with Crippen LogP contribution in [-0.2, 0) is 0 Å². The highest BCUT2D eigenvalue weighted by molar-refractivity contribution is 5.37. The molecule has 2 unspecified atom stereocenters. The van der Waals surface area contributed by atoms with Gasteiger partial charge in [-0.05, 0) is 91.8 Å². The molecule has 0 bridgehead atoms. The summed E-state index contributed by atoms with van der Waals surface area (Å²) in [6.45, 7) is 25.8. The number of hydrogen-bond acceptors (Lipinski definition) is 4. The second kappa shape index (κ2) is 8.77.